The highest BCUT2D eigenvalue weighted by Gasteiger charge is 2.29. The fourth-order valence-electron chi connectivity index (χ4n) is 4.95. The third kappa shape index (κ3) is 6.77. The molecule has 10 nitrogen and oxygen atoms in total. The van der Waals surface area contributed by atoms with Gasteiger partial charge < -0.3 is 29.6 Å². The van der Waals surface area contributed by atoms with Gasteiger partial charge in [-0.05, 0) is 73.6 Å². The quantitative estimate of drug-likeness (QED) is 0.428. The second-order valence-corrected chi connectivity index (χ2v) is 12.0. The largest absolute Gasteiger partial charge is 0.493 e. The molecule has 0 radical (unpaired) electrons. The summed E-state index contributed by atoms with van der Waals surface area (Å²) in [6.07, 6.45) is 3.57. The van der Waals surface area contributed by atoms with E-state index in [1.165, 1.54) is 21.3 Å². The van der Waals surface area contributed by atoms with Crippen molar-refractivity contribution >= 4 is 21.6 Å². The number of methoxy groups -OCH3 is 3. The Morgan fingerprint density at radius 1 is 1.03 bits per heavy atom. The Hall–Kier alpha value is -3.02. The van der Waals surface area contributed by atoms with E-state index in [1.807, 2.05) is 0 Å². The van der Waals surface area contributed by atoms with Crippen molar-refractivity contribution in [1.82, 2.24) is 9.62 Å². The van der Waals surface area contributed by atoms with Gasteiger partial charge in [-0.1, -0.05) is 6.92 Å². The second kappa shape index (κ2) is 12.9. The van der Waals surface area contributed by atoms with E-state index in [0.717, 1.165) is 25.7 Å². The highest BCUT2D eigenvalue weighted by atomic mass is 32.2. The molecule has 2 aliphatic rings. The van der Waals surface area contributed by atoms with Crippen LogP contribution in [0.5, 0.6) is 17.2 Å². The van der Waals surface area contributed by atoms with Crippen molar-refractivity contribution in [2.75, 3.05) is 52.9 Å². The molecular weight excluding hydrogens is 522 g/mol. The number of carbonyl (C=O) groups is 1. The average Bonchev–Trinajstić information content (AvgIpc) is 3.48. The van der Waals surface area contributed by atoms with Gasteiger partial charge in [0.05, 0.1) is 32.3 Å². The lowest BCUT2D eigenvalue weighted by Crippen LogP contribution is -2.38. The van der Waals surface area contributed by atoms with E-state index in [0.29, 0.717) is 60.7 Å². The molecule has 0 aliphatic carbocycles. The number of anilines is 1. The minimum atomic E-state index is -3.58. The summed E-state index contributed by atoms with van der Waals surface area (Å²) in [5, 5.41) is 6.25. The first kappa shape index (κ1) is 29.0. The Bertz CT molecular complexity index is 1200. The Labute approximate surface area is 231 Å². The average molecular weight is 562 g/mol. The maximum absolute atomic E-state index is 13.5. The highest BCUT2D eigenvalue weighted by molar-refractivity contribution is 7.89. The van der Waals surface area contributed by atoms with Crippen LogP contribution >= 0.6 is 0 Å². The molecular formula is C28H39N3O7S. The van der Waals surface area contributed by atoms with Crippen LogP contribution in [0, 0.1) is 5.92 Å². The molecule has 2 N–H and O–H groups in total. The zero-order valence-electron chi connectivity index (χ0n) is 23.1. The van der Waals surface area contributed by atoms with Crippen molar-refractivity contribution in [3.63, 3.8) is 0 Å². The number of nitrogens with one attached hydrogen (secondary N) is 2. The van der Waals surface area contributed by atoms with Gasteiger partial charge in [0.2, 0.25) is 21.7 Å². The molecule has 0 bridgehead atoms. The number of sulfonamides is 1. The summed E-state index contributed by atoms with van der Waals surface area (Å²) in [6, 6.07) is 9.13. The van der Waals surface area contributed by atoms with E-state index in [9.17, 15) is 13.2 Å². The molecule has 39 heavy (non-hydrogen) atoms. The van der Waals surface area contributed by atoms with Crippen LogP contribution in [0.15, 0.2) is 41.3 Å². The molecule has 4 rings (SSSR count). The fraction of sp³-hybridized carbons (Fsp3) is 0.536. The summed E-state index contributed by atoms with van der Waals surface area (Å²) in [6.45, 7) is 4.29. The molecule has 2 saturated heterocycles. The predicted octanol–water partition coefficient (Wildman–Crippen LogP) is 3.58. The fourth-order valence-corrected chi connectivity index (χ4v) is 6.42. The first-order valence-corrected chi connectivity index (χ1v) is 14.8. The molecule has 0 unspecified atom stereocenters. The van der Waals surface area contributed by atoms with Gasteiger partial charge in [0.25, 0.3) is 0 Å². The number of benzene rings is 2. The smallest absolute Gasteiger partial charge is 0.247 e. The normalized spacial score (nSPS) is 19.3. The lowest BCUT2D eigenvalue weighted by atomic mass is 10.0. The molecule has 11 heteroatoms. The van der Waals surface area contributed by atoms with Gasteiger partial charge in [-0.15, -0.1) is 0 Å². The van der Waals surface area contributed by atoms with Crippen LogP contribution in [0.2, 0.25) is 0 Å². The summed E-state index contributed by atoms with van der Waals surface area (Å²) >= 11 is 0. The molecule has 2 fully saturated rings. The number of hydrogen-bond acceptors (Lipinski definition) is 8. The number of piperidine rings is 1. The van der Waals surface area contributed by atoms with Gasteiger partial charge >= 0.3 is 0 Å². The monoisotopic (exact) mass is 561 g/mol. The molecule has 214 valence electrons. The van der Waals surface area contributed by atoms with Crippen LogP contribution in [0.1, 0.15) is 44.2 Å². The van der Waals surface area contributed by atoms with Crippen LogP contribution in [-0.2, 0) is 19.6 Å². The Kier molecular flexibility index (Phi) is 9.58. The molecule has 2 atom stereocenters. The minimum absolute atomic E-state index is 0.0168. The van der Waals surface area contributed by atoms with Crippen LogP contribution < -0.4 is 24.8 Å². The maximum Gasteiger partial charge on any atom is 0.247 e. The van der Waals surface area contributed by atoms with Crippen molar-refractivity contribution < 1.29 is 32.2 Å². The molecule has 1 amide bonds. The molecule has 2 aromatic carbocycles. The number of ether oxygens (including phenoxy) is 4. The molecule has 2 aliphatic heterocycles. The van der Waals surface area contributed by atoms with Gasteiger partial charge in [0, 0.05) is 31.9 Å². The lowest BCUT2D eigenvalue weighted by molar-refractivity contribution is -0.122. The van der Waals surface area contributed by atoms with Crippen molar-refractivity contribution in [1.29, 1.82) is 0 Å². The Morgan fingerprint density at radius 3 is 2.21 bits per heavy atom. The third-order valence-electron chi connectivity index (χ3n) is 7.36. The van der Waals surface area contributed by atoms with Gasteiger partial charge in [-0.2, -0.15) is 4.31 Å². The van der Waals surface area contributed by atoms with E-state index < -0.39 is 16.1 Å². The molecule has 2 heterocycles. The highest BCUT2D eigenvalue weighted by Crippen LogP contribution is 2.40. The summed E-state index contributed by atoms with van der Waals surface area (Å²) < 4.78 is 50.0. The molecule has 2 aromatic rings. The topological polar surface area (TPSA) is 115 Å². The first-order chi connectivity index (χ1) is 18.8. The lowest BCUT2D eigenvalue weighted by Gasteiger charge is -2.29. The van der Waals surface area contributed by atoms with Crippen LogP contribution in [0.4, 0.5) is 5.69 Å². The van der Waals surface area contributed by atoms with Gasteiger partial charge in [0.1, 0.15) is 6.04 Å². The number of rotatable bonds is 11. The van der Waals surface area contributed by atoms with Crippen molar-refractivity contribution in [2.45, 2.75) is 49.6 Å². The summed E-state index contributed by atoms with van der Waals surface area (Å²) in [4.78, 5) is 13.7. The van der Waals surface area contributed by atoms with Crippen molar-refractivity contribution in [3.8, 4) is 17.2 Å². The zero-order chi connectivity index (χ0) is 28.0. The third-order valence-corrected chi connectivity index (χ3v) is 9.27. The van der Waals surface area contributed by atoms with Gasteiger partial charge in [0.15, 0.2) is 11.5 Å². The predicted molar refractivity (Wildman–Crippen MR) is 148 cm³/mol. The van der Waals surface area contributed by atoms with E-state index in [4.69, 9.17) is 18.9 Å². The number of amides is 1. The van der Waals surface area contributed by atoms with E-state index in [1.54, 1.807) is 40.7 Å². The summed E-state index contributed by atoms with van der Waals surface area (Å²) in [5.41, 5.74) is 1.18. The van der Waals surface area contributed by atoms with E-state index in [-0.39, 0.29) is 16.9 Å². The van der Waals surface area contributed by atoms with E-state index in [2.05, 4.69) is 17.6 Å². The first-order valence-electron chi connectivity index (χ1n) is 13.3. The summed E-state index contributed by atoms with van der Waals surface area (Å²) in [5.74, 6) is 1.52. The van der Waals surface area contributed by atoms with Crippen LogP contribution in [0.3, 0.4) is 0 Å². The second-order valence-electron chi connectivity index (χ2n) is 10.0. The molecule has 0 spiro atoms. The van der Waals surface area contributed by atoms with Crippen molar-refractivity contribution in [2.24, 2.45) is 5.92 Å². The summed E-state index contributed by atoms with van der Waals surface area (Å²) in [7, 11) is 0.975. The number of carbonyl (C=O) groups excluding carboxylic acids is 1. The standard InChI is InChI=1S/C28H39N3O7S/c1-19-11-13-31(14-12-19)39(33,34)23-9-7-21(8-10-23)30-26(28(32)29-18-22-6-5-15-38-22)20-16-24(35-2)27(37-4)25(17-20)36-3/h7-10,16-17,19,22,26,30H,5-6,11-15,18H2,1-4H3,(H,29,32)/t22-,26-/m0/s1. The number of nitrogens with zero attached hydrogens (tertiary/aromatic N) is 1. The van der Waals surface area contributed by atoms with E-state index >= 15 is 0 Å². The number of hydrogen-bond donors (Lipinski definition) is 2. The van der Waals surface area contributed by atoms with Gasteiger partial charge in [-0.3, -0.25) is 4.79 Å². The Balaban J connectivity index is 1.59. The SMILES string of the molecule is COc1cc([C@H](Nc2ccc(S(=O)(=O)N3CCC(C)CC3)cc2)C(=O)NC[C@@H]2CCCO2)cc(OC)c1OC. The Morgan fingerprint density at radius 2 is 1.67 bits per heavy atom. The molecule has 0 aromatic heterocycles. The minimum Gasteiger partial charge on any atom is -0.493 e. The van der Waals surface area contributed by atoms with Gasteiger partial charge in [-0.25, -0.2) is 8.42 Å². The van der Waals surface area contributed by atoms with Crippen LogP contribution in [0.25, 0.3) is 0 Å². The van der Waals surface area contributed by atoms with Crippen LogP contribution in [-0.4, -0.2) is 72.3 Å². The molecule has 0 saturated carbocycles. The maximum atomic E-state index is 13.5. The zero-order valence-corrected chi connectivity index (χ0v) is 23.9. The van der Waals surface area contributed by atoms with Crippen molar-refractivity contribution in [3.05, 3.63) is 42.0 Å².